The first-order chi connectivity index (χ1) is 12.5. The summed E-state index contributed by atoms with van der Waals surface area (Å²) < 4.78 is 0. The molecule has 132 valence electrons. The van der Waals surface area contributed by atoms with Gasteiger partial charge in [0.2, 0.25) is 5.91 Å². The van der Waals surface area contributed by atoms with Crippen molar-refractivity contribution >= 4 is 28.5 Å². The average molecular weight is 368 g/mol. The van der Waals surface area contributed by atoms with Crippen LogP contribution in [0.5, 0.6) is 0 Å². The lowest BCUT2D eigenvalue weighted by atomic mass is 10.0. The number of rotatable bonds is 5. The Kier molecular flexibility index (Phi) is 5.23. The van der Waals surface area contributed by atoms with E-state index in [4.69, 9.17) is 5.11 Å². The molecule has 26 heavy (non-hydrogen) atoms. The molecule has 2 amide bonds. The van der Waals surface area contributed by atoms with E-state index in [1.54, 1.807) is 6.20 Å². The average Bonchev–Trinajstić information content (AvgIpc) is 3.08. The summed E-state index contributed by atoms with van der Waals surface area (Å²) in [4.78, 5) is 30.7. The van der Waals surface area contributed by atoms with E-state index >= 15 is 0 Å². The minimum absolute atomic E-state index is 0.318. The number of anilines is 1. The van der Waals surface area contributed by atoms with Crippen LogP contribution in [0.2, 0.25) is 0 Å². The topological polar surface area (TPSA) is 104 Å². The minimum Gasteiger partial charge on any atom is -0.465 e. The third-order valence-electron chi connectivity index (χ3n) is 3.54. The van der Waals surface area contributed by atoms with Crippen molar-refractivity contribution in [3.8, 4) is 22.4 Å². The maximum absolute atomic E-state index is 11.7. The quantitative estimate of drug-likeness (QED) is 0.640. The molecule has 0 atom stereocenters. The normalized spacial score (nSPS) is 10.3. The van der Waals surface area contributed by atoms with Crippen molar-refractivity contribution < 1.29 is 14.7 Å². The molecule has 0 aliphatic rings. The first kappa shape index (κ1) is 17.6. The number of carbonyl (C=O) groups is 2. The van der Waals surface area contributed by atoms with Crippen LogP contribution in [0.4, 0.5) is 9.93 Å². The molecule has 0 spiro atoms. The molecule has 0 aliphatic carbocycles. The predicted molar refractivity (Wildman–Crippen MR) is 100 cm³/mol. The van der Waals surface area contributed by atoms with Crippen LogP contribution in [-0.4, -0.2) is 33.6 Å². The SMILES string of the molecule is Cc1cc(-c2cccc(-c3csc(NC(=O)CNC(=O)O)n3)c2)ccn1. The van der Waals surface area contributed by atoms with Gasteiger partial charge in [-0.15, -0.1) is 11.3 Å². The largest absolute Gasteiger partial charge is 0.465 e. The van der Waals surface area contributed by atoms with E-state index in [2.05, 4.69) is 15.3 Å². The number of carboxylic acid groups (broad SMARTS) is 1. The van der Waals surface area contributed by atoms with Gasteiger partial charge in [0.25, 0.3) is 0 Å². The molecule has 3 rings (SSSR count). The van der Waals surface area contributed by atoms with Crippen LogP contribution < -0.4 is 10.6 Å². The third-order valence-corrected chi connectivity index (χ3v) is 4.30. The van der Waals surface area contributed by atoms with Gasteiger partial charge in [-0.25, -0.2) is 9.78 Å². The third kappa shape index (κ3) is 4.42. The van der Waals surface area contributed by atoms with Gasteiger partial charge in [0.15, 0.2) is 5.13 Å². The van der Waals surface area contributed by atoms with Crippen molar-refractivity contribution in [1.29, 1.82) is 0 Å². The molecule has 0 radical (unpaired) electrons. The molecule has 1 aromatic carbocycles. The van der Waals surface area contributed by atoms with Gasteiger partial charge in [-0.1, -0.05) is 18.2 Å². The van der Waals surface area contributed by atoms with E-state index in [1.807, 2.05) is 54.0 Å². The lowest BCUT2D eigenvalue weighted by Gasteiger charge is -2.05. The van der Waals surface area contributed by atoms with Gasteiger partial charge in [0.1, 0.15) is 6.54 Å². The second kappa shape index (κ2) is 7.75. The van der Waals surface area contributed by atoms with Crippen LogP contribution in [0.1, 0.15) is 5.69 Å². The Morgan fingerprint density at radius 2 is 1.92 bits per heavy atom. The zero-order chi connectivity index (χ0) is 18.5. The molecule has 2 aromatic heterocycles. The van der Waals surface area contributed by atoms with Gasteiger partial charge in [-0.3, -0.25) is 9.78 Å². The molecule has 7 nitrogen and oxygen atoms in total. The van der Waals surface area contributed by atoms with E-state index in [1.165, 1.54) is 11.3 Å². The minimum atomic E-state index is -1.25. The van der Waals surface area contributed by atoms with Crippen LogP contribution in [0.25, 0.3) is 22.4 Å². The predicted octanol–water partition coefficient (Wildman–Crippen LogP) is 3.39. The number of nitrogens with one attached hydrogen (secondary N) is 2. The maximum atomic E-state index is 11.7. The molecule has 0 aliphatic heterocycles. The number of nitrogens with zero attached hydrogens (tertiary/aromatic N) is 2. The zero-order valence-electron chi connectivity index (χ0n) is 13.9. The van der Waals surface area contributed by atoms with Gasteiger partial charge in [0, 0.05) is 22.8 Å². The molecular weight excluding hydrogens is 352 g/mol. The van der Waals surface area contributed by atoms with Crippen molar-refractivity contribution in [3.63, 3.8) is 0 Å². The summed E-state index contributed by atoms with van der Waals surface area (Å²) in [6.45, 7) is 1.63. The fourth-order valence-electron chi connectivity index (χ4n) is 2.37. The summed E-state index contributed by atoms with van der Waals surface area (Å²) >= 11 is 1.28. The Morgan fingerprint density at radius 3 is 2.69 bits per heavy atom. The van der Waals surface area contributed by atoms with Crippen molar-refractivity contribution in [2.24, 2.45) is 0 Å². The molecule has 2 heterocycles. The summed E-state index contributed by atoms with van der Waals surface area (Å²) in [6, 6.07) is 11.9. The number of hydrogen-bond acceptors (Lipinski definition) is 5. The smallest absolute Gasteiger partial charge is 0.405 e. The Bertz CT molecular complexity index is 955. The lowest BCUT2D eigenvalue weighted by molar-refractivity contribution is -0.115. The Morgan fingerprint density at radius 1 is 1.15 bits per heavy atom. The molecule has 3 aromatic rings. The fourth-order valence-corrected chi connectivity index (χ4v) is 3.10. The number of thiazole rings is 1. The summed E-state index contributed by atoms with van der Waals surface area (Å²) in [5.41, 5.74) is 4.74. The lowest BCUT2D eigenvalue weighted by Crippen LogP contribution is -2.31. The second-order valence-corrected chi connectivity index (χ2v) is 6.37. The van der Waals surface area contributed by atoms with Crippen LogP contribution in [0.15, 0.2) is 48.0 Å². The van der Waals surface area contributed by atoms with E-state index < -0.39 is 12.0 Å². The highest BCUT2D eigenvalue weighted by Crippen LogP contribution is 2.28. The number of pyridine rings is 1. The van der Waals surface area contributed by atoms with Crippen molar-refractivity contribution in [2.45, 2.75) is 6.92 Å². The Labute approximate surface area is 153 Å². The van der Waals surface area contributed by atoms with Gasteiger partial charge in [-0.05, 0) is 36.2 Å². The number of aromatic nitrogens is 2. The number of carbonyl (C=O) groups excluding carboxylic acids is 1. The van der Waals surface area contributed by atoms with Crippen LogP contribution in [0.3, 0.4) is 0 Å². The molecule has 0 fully saturated rings. The van der Waals surface area contributed by atoms with E-state index in [0.717, 1.165) is 28.1 Å². The molecule has 3 N–H and O–H groups in total. The summed E-state index contributed by atoms with van der Waals surface area (Å²) in [7, 11) is 0. The van der Waals surface area contributed by atoms with Crippen molar-refractivity contribution in [3.05, 3.63) is 53.7 Å². The van der Waals surface area contributed by atoms with Crippen LogP contribution in [-0.2, 0) is 4.79 Å². The standard InChI is InChI=1S/C18H16N4O3S/c1-11-7-13(5-6-19-11)12-3-2-4-14(8-12)15-10-26-17(21-15)22-16(23)9-20-18(24)25/h2-8,10,20H,9H2,1H3,(H,24,25)(H,21,22,23). The first-order valence-electron chi connectivity index (χ1n) is 7.77. The summed E-state index contributed by atoms with van der Waals surface area (Å²) in [5.74, 6) is -0.464. The van der Waals surface area contributed by atoms with Gasteiger partial charge in [-0.2, -0.15) is 0 Å². The molecule has 8 heteroatoms. The maximum Gasteiger partial charge on any atom is 0.405 e. The highest BCUT2D eigenvalue weighted by Gasteiger charge is 2.10. The zero-order valence-corrected chi connectivity index (χ0v) is 14.7. The number of benzene rings is 1. The fraction of sp³-hybridized carbons (Fsp3) is 0.111. The molecule has 0 bridgehead atoms. The molecule has 0 saturated carbocycles. The summed E-state index contributed by atoms with van der Waals surface area (Å²) in [5, 5.41) is 15.4. The van der Waals surface area contributed by atoms with Crippen LogP contribution >= 0.6 is 11.3 Å². The van der Waals surface area contributed by atoms with Gasteiger partial charge < -0.3 is 15.7 Å². The number of hydrogen-bond donors (Lipinski definition) is 3. The first-order valence-corrected chi connectivity index (χ1v) is 8.65. The van der Waals surface area contributed by atoms with E-state index in [0.29, 0.717) is 5.13 Å². The Hall–Kier alpha value is -3.26. The van der Waals surface area contributed by atoms with Crippen molar-refractivity contribution in [1.82, 2.24) is 15.3 Å². The van der Waals surface area contributed by atoms with E-state index in [-0.39, 0.29) is 6.54 Å². The van der Waals surface area contributed by atoms with Gasteiger partial charge in [0.05, 0.1) is 5.69 Å². The molecular formula is C18H16N4O3S. The van der Waals surface area contributed by atoms with Gasteiger partial charge >= 0.3 is 6.09 Å². The molecule has 0 saturated heterocycles. The number of amides is 2. The highest BCUT2D eigenvalue weighted by atomic mass is 32.1. The van der Waals surface area contributed by atoms with Crippen LogP contribution in [0, 0.1) is 6.92 Å². The number of aryl methyl sites for hydroxylation is 1. The van der Waals surface area contributed by atoms with Crippen molar-refractivity contribution in [2.75, 3.05) is 11.9 Å². The highest BCUT2D eigenvalue weighted by molar-refractivity contribution is 7.14. The van der Waals surface area contributed by atoms with E-state index in [9.17, 15) is 9.59 Å². The second-order valence-electron chi connectivity index (χ2n) is 5.51. The Balaban J connectivity index is 1.76. The molecule has 0 unspecified atom stereocenters. The summed E-state index contributed by atoms with van der Waals surface area (Å²) in [6.07, 6.45) is 0.530. The monoisotopic (exact) mass is 368 g/mol.